The molecule has 0 atom stereocenters. The van der Waals surface area contributed by atoms with E-state index in [1.54, 1.807) is 6.07 Å². The number of carbonyl (C=O) groups is 2. The Morgan fingerprint density at radius 1 is 1.15 bits per heavy atom. The predicted molar refractivity (Wildman–Crippen MR) is 93.8 cm³/mol. The second-order valence-electron chi connectivity index (χ2n) is 6.54. The van der Waals surface area contributed by atoms with Gasteiger partial charge in [-0.2, -0.15) is 0 Å². The van der Waals surface area contributed by atoms with E-state index in [-0.39, 0.29) is 31.0 Å². The number of hydrogen-bond acceptors (Lipinski definition) is 6. The van der Waals surface area contributed by atoms with Crippen LogP contribution in [-0.4, -0.2) is 52.2 Å². The van der Waals surface area contributed by atoms with Crippen molar-refractivity contribution in [1.29, 1.82) is 0 Å². The highest BCUT2D eigenvalue weighted by Crippen LogP contribution is 2.29. The summed E-state index contributed by atoms with van der Waals surface area (Å²) in [6.07, 6.45) is 3.86. The van der Waals surface area contributed by atoms with E-state index in [1.807, 2.05) is 0 Å². The molecule has 0 saturated heterocycles. The molecule has 1 aliphatic heterocycles. The molecule has 2 amide bonds. The quantitative estimate of drug-likeness (QED) is 0.567. The summed E-state index contributed by atoms with van der Waals surface area (Å²) >= 11 is 0. The van der Waals surface area contributed by atoms with E-state index in [1.165, 1.54) is 12.1 Å². The molecule has 1 aliphatic carbocycles. The van der Waals surface area contributed by atoms with Gasteiger partial charge in [0.15, 0.2) is 0 Å². The molecule has 4 N–H and O–H groups in total. The smallest absolute Gasteiger partial charge is 0.277 e. The van der Waals surface area contributed by atoms with Crippen LogP contribution in [0.4, 0.5) is 15.8 Å². The Balaban J connectivity index is 1.75. The SMILES string of the molecule is O=C1C=C(Nc2cc(F)ccc2NC2CCC(O)CC2)C(=O)N1CCO. The molecule has 2 aliphatic rings. The lowest BCUT2D eigenvalue weighted by Crippen LogP contribution is -2.34. The van der Waals surface area contributed by atoms with Gasteiger partial charge in [0.25, 0.3) is 11.8 Å². The first-order valence-corrected chi connectivity index (χ1v) is 8.67. The van der Waals surface area contributed by atoms with Crippen LogP contribution in [0.2, 0.25) is 0 Å². The number of hydrogen-bond donors (Lipinski definition) is 4. The van der Waals surface area contributed by atoms with Gasteiger partial charge in [0.2, 0.25) is 0 Å². The Kier molecular flexibility index (Phi) is 5.53. The van der Waals surface area contributed by atoms with E-state index in [0.29, 0.717) is 24.2 Å². The Morgan fingerprint density at radius 2 is 1.88 bits per heavy atom. The highest BCUT2D eigenvalue weighted by Gasteiger charge is 2.31. The molecule has 140 valence electrons. The summed E-state index contributed by atoms with van der Waals surface area (Å²) in [5, 5.41) is 24.7. The summed E-state index contributed by atoms with van der Waals surface area (Å²) in [5.74, 6) is -1.54. The van der Waals surface area contributed by atoms with Crippen LogP contribution >= 0.6 is 0 Å². The molecule has 0 radical (unpaired) electrons. The van der Waals surface area contributed by atoms with Crippen LogP contribution < -0.4 is 10.6 Å². The monoisotopic (exact) mass is 363 g/mol. The fraction of sp³-hybridized carbons (Fsp3) is 0.444. The lowest BCUT2D eigenvalue weighted by Gasteiger charge is -2.28. The summed E-state index contributed by atoms with van der Waals surface area (Å²) < 4.78 is 13.7. The zero-order chi connectivity index (χ0) is 18.7. The van der Waals surface area contributed by atoms with Crippen LogP contribution in [0.5, 0.6) is 0 Å². The number of rotatable bonds is 6. The minimum Gasteiger partial charge on any atom is -0.395 e. The average Bonchev–Trinajstić information content (AvgIpc) is 2.87. The van der Waals surface area contributed by atoms with Gasteiger partial charge in [0.05, 0.1) is 30.6 Å². The van der Waals surface area contributed by atoms with E-state index in [0.717, 1.165) is 23.8 Å². The maximum atomic E-state index is 13.7. The van der Waals surface area contributed by atoms with Gasteiger partial charge in [-0.15, -0.1) is 0 Å². The molecule has 0 aromatic heterocycles. The average molecular weight is 363 g/mol. The topological polar surface area (TPSA) is 102 Å². The molecule has 26 heavy (non-hydrogen) atoms. The van der Waals surface area contributed by atoms with Crippen molar-refractivity contribution in [3.05, 3.63) is 35.8 Å². The fourth-order valence-corrected chi connectivity index (χ4v) is 3.24. The molecular weight excluding hydrogens is 341 g/mol. The van der Waals surface area contributed by atoms with Crippen LogP contribution in [0.1, 0.15) is 25.7 Å². The standard InChI is InChI=1S/C18H22FN3O4/c19-11-1-6-14(20-12-2-4-13(24)5-3-12)15(9-11)21-16-10-17(25)22(7-8-23)18(16)26/h1,6,9-10,12-13,20-21,23-24H,2-5,7-8H2. The molecule has 3 rings (SSSR count). The number of nitrogens with one attached hydrogen (secondary N) is 2. The van der Waals surface area contributed by atoms with Crippen LogP contribution in [0.25, 0.3) is 0 Å². The number of benzene rings is 1. The molecule has 1 saturated carbocycles. The third kappa shape index (κ3) is 4.03. The number of nitrogens with zero attached hydrogens (tertiary/aromatic N) is 1. The summed E-state index contributed by atoms with van der Waals surface area (Å²) in [6.45, 7) is -0.406. The van der Waals surface area contributed by atoms with Crippen molar-refractivity contribution in [3.63, 3.8) is 0 Å². The van der Waals surface area contributed by atoms with Gasteiger partial charge in [-0.1, -0.05) is 0 Å². The lowest BCUT2D eigenvalue weighted by atomic mass is 9.93. The molecule has 0 spiro atoms. The second-order valence-corrected chi connectivity index (χ2v) is 6.54. The molecule has 1 aromatic rings. The van der Waals surface area contributed by atoms with Crippen LogP contribution in [-0.2, 0) is 9.59 Å². The zero-order valence-electron chi connectivity index (χ0n) is 14.2. The molecule has 7 nitrogen and oxygen atoms in total. The lowest BCUT2D eigenvalue weighted by molar-refractivity contribution is -0.137. The van der Waals surface area contributed by atoms with Gasteiger partial charge in [-0.25, -0.2) is 4.39 Å². The molecule has 8 heteroatoms. The van der Waals surface area contributed by atoms with E-state index in [4.69, 9.17) is 5.11 Å². The third-order valence-electron chi connectivity index (χ3n) is 4.64. The van der Waals surface area contributed by atoms with Crippen LogP contribution in [0.15, 0.2) is 30.0 Å². The van der Waals surface area contributed by atoms with Crippen molar-refractivity contribution in [1.82, 2.24) is 4.90 Å². The Hall–Kier alpha value is -2.45. The fourth-order valence-electron chi connectivity index (χ4n) is 3.24. The number of carbonyl (C=O) groups excluding carboxylic acids is 2. The molecular formula is C18H22FN3O4. The molecule has 0 unspecified atom stereocenters. The molecule has 1 fully saturated rings. The Bertz CT molecular complexity index is 729. The van der Waals surface area contributed by atoms with Crippen molar-refractivity contribution in [2.45, 2.75) is 37.8 Å². The first kappa shape index (κ1) is 18.3. The van der Waals surface area contributed by atoms with E-state index < -0.39 is 17.6 Å². The summed E-state index contributed by atoms with van der Waals surface area (Å²) in [7, 11) is 0. The summed E-state index contributed by atoms with van der Waals surface area (Å²) in [5.41, 5.74) is 1.01. The van der Waals surface area contributed by atoms with E-state index >= 15 is 0 Å². The number of β-amino-alcohol motifs (C(OH)–C–C–N with tert-alkyl or cyclic N) is 1. The Morgan fingerprint density at radius 3 is 2.58 bits per heavy atom. The van der Waals surface area contributed by atoms with Gasteiger partial charge >= 0.3 is 0 Å². The number of halogens is 1. The number of aliphatic hydroxyl groups is 2. The van der Waals surface area contributed by atoms with Gasteiger partial charge in [-0.05, 0) is 43.9 Å². The Labute approximate surface area is 150 Å². The van der Waals surface area contributed by atoms with Gasteiger partial charge < -0.3 is 20.8 Å². The predicted octanol–water partition coefficient (Wildman–Crippen LogP) is 1.20. The van der Waals surface area contributed by atoms with E-state index in [9.17, 15) is 19.1 Å². The largest absolute Gasteiger partial charge is 0.395 e. The maximum Gasteiger partial charge on any atom is 0.277 e. The summed E-state index contributed by atoms with van der Waals surface area (Å²) in [6, 6.07) is 4.30. The second kappa shape index (κ2) is 7.84. The van der Waals surface area contributed by atoms with Crippen molar-refractivity contribution in [2.75, 3.05) is 23.8 Å². The van der Waals surface area contributed by atoms with Crippen molar-refractivity contribution in [3.8, 4) is 0 Å². The van der Waals surface area contributed by atoms with Crippen LogP contribution in [0, 0.1) is 5.82 Å². The minimum atomic E-state index is -0.556. The van der Waals surface area contributed by atoms with E-state index in [2.05, 4.69) is 10.6 Å². The first-order valence-electron chi connectivity index (χ1n) is 8.67. The zero-order valence-corrected chi connectivity index (χ0v) is 14.2. The number of anilines is 2. The van der Waals surface area contributed by atoms with Gasteiger partial charge in [0, 0.05) is 12.1 Å². The third-order valence-corrected chi connectivity index (χ3v) is 4.64. The number of amides is 2. The normalized spacial score (nSPS) is 23.2. The van der Waals surface area contributed by atoms with Crippen molar-refractivity contribution in [2.24, 2.45) is 0 Å². The number of imide groups is 1. The van der Waals surface area contributed by atoms with Crippen molar-refractivity contribution < 1.29 is 24.2 Å². The minimum absolute atomic E-state index is 0.0381. The summed E-state index contributed by atoms with van der Waals surface area (Å²) in [4.78, 5) is 25.0. The highest BCUT2D eigenvalue weighted by atomic mass is 19.1. The van der Waals surface area contributed by atoms with Gasteiger partial charge in [-0.3, -0.25) is 14.5 Å². The first-order chi connectivity index (χ1) is 12.5. The molecule has 0 bridgehead atoms. The molecule has 1 aromatic carbocycles. The maximum absolute atomic E-state index is 13.7. The highest BCUT2D eigenvalue weighted by molar-refractivity contribution is 6.17. The molecule has 1 heterocycles. The number of aliphatic hydroxyl groups excluding tert-OH is 2. The van der Waals surface area contributed by atoms with Gasteiger partial charge in [0.1, 0.15) is 11.5 Å². The van der Waals surface area contributed by atoms with Crippen LogP contribution in [0.3, 0.4) is 0 Å². The van der Waals surface area contributed by atoms with Crippen molar-refractivity contribution >= 4 is 23.2 Å².